The number of benzene rings is 2. The number of nitro benzene ring substituents is 1. The average Bonchev–Trinajstić information content (AvgIpc) is 3.40. The Morgan fingerprint density at radius 1 is 1.17 bits per heavy atom. The van der Waals surface area contributed by atoms with Crippen LogP contribution in [0.5, 0.6) is 11.5 Å². The Morgan fingerprint density at radius 2 is 2.00 bits per heavy atom. The molecule has 1 unspecified atom stereocenters. The van der Waals surface area contributed by atoms with Gasteiger partial charge in [-0.2, -0.15) is 0 Å². The number of nitro groups is 1. The van der Waals surface area contributed by atoms with Crippen LogP contribution in [0.2, 0.25) is 5.02 Å². The molecule has 1 fully saturated rings. The number of aromatic nitrogens is 3. The molecule has 0 spiro atoms. The molecule has 1 aliphatic heterocycles. The van der Waals surface area contributed by atoms with Crippen molar-refractivity contribution in [3.8, 4) is 11.5 Å². The minimum absolute atomic E-state index is 0.0608. The summed E-state index contributed by atoms with van der Waals surface area (Å²) in [4.78, 5) is 38.3. The largest absolute Gasteiger partial charge is 0.486 e. The van der Waals surface area contributed by atoms with Crippen molar-refractivity contribution < 1.29 is 23.9 Å². The first-order valence-electron chi connectivity index (χ1n) is 13.2. The number of likely N-dealkylation sites (tertiary alicyclic amines) is 1. The Balaban J connectivity index is 1.30. The fraction of sp³-hybridized carbons (Fsp3) is 0.310. The highest BCUT2D eigenvalue weighted by Gasteiger charge is 2.32. The maximum atomic E-state index is 12.4. The second-order valence-electron chi connectivity index (χ2n) is 10.7. The normalized spacial score (nSPS) is 15.0. The second kappa shape index (κ2) is 12.0. The molecule has 0 aliphatic carbocycles. The highest BCUT2D eigenvalue weighted by atomic mass is 35.5. The van der Waals surface area contributed by atoms with Crippen molar-refractivity contribution in [2.45, 2.75) is 45.5 Å². The van der Waals surface area contributed by atoms with Crippen molar-refractivity contribution >= 4 is 45.9 Å². The lowest BCUT2D eigenvalue weighted by molar-refractivity contribution is -0.385. The van der Waals surface area contributed by atoms with Crippen LogP contribution in [0.1, 0.15) is 32.9 Å². The number of carbonyl (C=O) groups is 1. The minimum Gasteiger partial charge on any atom is -0.486 e. The van der Waals surface area contributed by atoms with E-state index in [1.807, 2.05) is 18.2 Å². The Kier molecular flexibility index (Phi) is 8.25. The molecular formula is C29H29ClN6O6. The van der Waals surface area contributed by atoms with Gasteiger partial charge in [0.1, 0.15) is 24.1 Å². The van der Waals surface area contributed by atoms with Crippen LogP contribution >= 0.6 is 11.6 Å². The van der Waals surface area contributed by atoms with Crippen molar-refractivity contribution in [2.24, 2.45) is 0 Å². The lowest BCUT2D eigenvalue weighted by Gasteiger charge is -2.24. The first-order chi connectivity index (χ1) is 20.0. The number of halogens is 1. The topological polar surface area (TPSA) is 142 Å². The van der Waals surface area contributed by atoms with E-state index in [1.54, 1.807) is 45.2 Å². The predicted octanol–water partition coefficient (Wildman–Crippen LogP) is 6.30. The van der Waals surface area contributed by atoms with E-state index in [-0.39, 0.29) is 30.5 Å². The number of ether oxygens (including phenoxy) is 3. The van der Waals surface area contributed by atoms with Gasteiger partial charge < -0.3 is 24.4 Å². The van der Waals surface area contributed by atoms with Gasteiger partial charge in [0, 0.05) is 48.6 Å². The van der Waals surface area contributed by atoms with Gasteiger partial charge in [0.05, 0.1) is 27.7 Å². The molecule has 1 amide bonds. The van der Waals surface area contributed by atoms with Crippen LogP contribution in [0, 0.1) is 10.1 Å². The zero-order valence-corrected chi connectivity index (χ0v) is 24.0. The quantitative estimate of drug-likeness (QED) is 0.183. The fourth-order valence-electron chi connectivity index (χ4n) is 4.30. The molecule has 0 saturated carbocycles. The van der Waals surface area contributed by atoms with Gasteiger partial charge in [-0.1, -0.05) is 17.7 Å². The average molecular weight is 593 g/mol. The molecule has 2 aromatic heterocycles. The van der Waals surface area contributed by atoms with E-state index in [0.717, 1.165) is 5.69 Å². The number of nitrogens with zero attached hydrogens (tertiary/aromatic N) is 5. The van der Waals surface area contributed by atoms with E-state index in [1.165, 1.54) is 23.2 Å². The van der Waals surface area contributed by atoms with Gasteiger partial charge in [-0.3, -0.25) is 15.1 Å². The van der Waals surface area contributed by atoms with Gasteiger partial charge in [-0.25, -0.2) is 14.8 Å². The van der Waals surface area contributed by atoms with Crippen LogP contribution in [0.15, 0.2) is 60.9 Å². The molecule has 1 N–H and O–H groups in total. The molecule has 1 atom stereocenters. The number of anilines is 2. The van der Waals surface area contributed by atoms with Gasteiger partial charge in [-0.15, -0.1) is 0 Å². The van der Waals surface area contributed by atoms with Crippen LogP contribution in [0.3, 0.4) is 0 Å². The van der Waals surface area contributed by atoms with Crippen molar-refractivity contribution in [3.63, 3.8) is 0 Å². The third kappa shape index (κ3) is 7.13. The van der Waals surface area contributed by atoms with E-state index < -0.39 is 22.7 Å². The zero-order valence-electron chi connectivity index (χ0n) is 23.2. The second-order valence-corrected chi connectivity index (χ2v) is 11.1. The van der Waals surface area contributed by atoms with E-state index in [0.29, 0.717) is 40.3 Å². The molecule has 3 heterocycles. The standard InChI is InChI=1S/C29H29ClN6O6/c1-29(2,3)42-28(37)35-11-9-21(16-35)41-26-14-23-18(12-24(26)36(38)39)15-32-27(34-23)33-19-7-8-25(22(30)13-19)40-17-20-6-4-5-10-31-20/h4-8,10,12-15,21H,9,11,16-17H2,1-3H3,(H,32,33,34). The van der Waals surface area contributed by atoms with Crippen molar-refractivity contribution in [1.29, 1.82) is 0 Å². The van der Waals surface area contributed by atoms with Crippen molar-refractivity contribution in [1.82, 2.24) is 19.9 Å². The Hall–Kier alpha value is -4.71. The van der Waals surface area contributed by atoms with Crippen molar-refractivity contribution in [2.75, 3.05) is 18.4 Å². The number of rotatable bonds is 8. The lowest BCUT2D eigenvalue weighted by atomic mass is 10.2. The Morgan fingerprint density at radius 3 is 2.71 bits per heavy atom. The number of nitrogens with one attached hydrogen (secondary N) is 1. The molecule has 4 aromatic rings. The molecule has 0 radical (unpaired) electrons. The molecule has 1 saturated heterocycles. The summed E-state index contributed by atoms with van der Waals surface area (Å²) in [6.45, 7) is 6.33. The van der Waals surface area contributed by atoms with Crippen LogP contribution in [0.25, 0.3) is 10.9 Å². The smallest absolute Gasteiger partial charge is 0.410 e. The van der Waals surface area contributed by atoms with Gasteiger partial charge in [-0.05, 0) is 51.1 Å². The highest BCUT2D eigenvalue weighted by Crippen LogP contribution is 2.34. The fourth-order valence-corrected chi connectivity index (χ4v) is 4.54. The molecule has 5 rings (SSSR count). The van der Waals surface area contributed by atoms with Crippen LogP contribution in [-0.4, -0.2) is 55.7 Å². The third-order valence-corrected chi connectivity index (χ3v) is 6.53. The summed E-state index contributed by atoms with van der Waals surface area (Å²) in [6.07, 6.45) is 2.81. The van der Waals surface area contributed by atoms with Crippen LogP contribution in [-0.2, 0) is 11.3 Å². The Labute approximate surface area is 246 Å². The number of hydrogen-bond acceptors (Lipinski definition) is 10. The molecule has 2 aromatic carbocycles. The first-order valence-corrected chi connectivity index (χ1v) is 13.6. The van der Waals surface area contributed by atoms with Gasteiger partial charge >= 0.3 is 11.8 Å². The molecule has 12 nitrogen and oxygen atoms in total. The van der Waals surface area contributed by atoms with E-state index in [2.05, 4.69) is 20.3 Å². The van der Waals surface area contributed by atoms with Gasteiger partial charge in [0.15, 0.2) is 5.75 Å². The highest BCUT2D eigenvalue weighted by molar-refractivity contribution is 6.32. The van der Waals surface area contributed by atoms with E-state index in [4.69, 9.17) is 25.8 Å². The number of hydrogen-bond donors (Lipinski definition) is 1. The summed E-state index contributed by atoms with van der Waals surface area (Å²) in [7, 11) is 0. The van der Waals surface area contributed by atoms with E-state index >= 15 is 0 Å². The maximum absolute atomic E-state index is 12.4. The molecule has 1 aliphatic rings. The molecule has 0 bridgehead atoms. The predicted molar refractivity (Wildman–Crippen MR) is 156 cm³/mol. The summed E-state index contributed by atoms with van der Waals surface area (Å²) >= 11 is 6.43. The SMILES string of the molecule is CC(C)(C)OC(=O)N1CCC(Oc2cc3nc(Nc4ccc(OCc5ccccn5)c(Cl)c4)ncc3cc2[N+](=O)[O-])C1. The Bertz CT molecular complexity index is 1610. The summed E-state index contributed by atoms with van der Waals surface area (Å²) < 4.78 is 17.2. The minimum atomic E-state index is -0.625. The molecule has 218 valence electrons. The monoisotopic (exact) mass is 592 g/mol. The van der Waals surface area contributed by atoms with E-state index in [9.17, 15) is 14.9 Å². The van der Waals surface area contributed by atoms with Crippen molar-refractivity contribution in [3.05, 3.63) is 81.8 Å². The number of carbonyl (C=O) groups excluding carboxylic acids is 1. The number of fused-ring (bicyclic) bond motifs is 1. The van der Waals surface area contributed by atoms with Gasteiger partial charge in [0.2, 0.25) is 5.95 Å². The number of pyridine rings is 1. The summed E-state index contributed by atoms with van der Waals surface area (Å²) in [5.74, 6) is 0.821. The lowest BCUT2D eigenvalue weighted by Crippen LogP contribution is -2.36. The molecular weight excluding hydrogens is 564 g/mol. The first kappa shape index (κ1) is 28.8. The van der Waals surface area contributed by atoms with Gasteiger partial charge in [0.25, 0.3) is 0 Å². The van der Waals surface area contributed by atoms with Crippen LogP contribution < -0.4 is 14.8 Å². The zero-order chi connectivity index (χ0) is 29.9. The third-order valence-electron chi connectivity index (χ3n) is 6.24. The molecule has 42 heavy (non-hydrogen) atoms. The number of amides is 1. The summed E-state index contributed by atoms with van der Waals surface area (Å²) in [5.41, 5.74) is 1.00. The molecule has 13 heteroatoms. The maximum Gasteiger partial charge on any atom is 0.410 e. The summed E-state index contributed by atoms with van der Waals surface area (Å²) in [6, 6.07) is 13.6. The summed E-state index contributed by atoms with van der Waals surface area (Å²) in [5, 5.41) is 15.8. The van der Waals surface area contributed by atoms with Crippen LogP contribution in [0.4, 0.5) is 22.1 Å².